The lowest BCUT2D eigenvalue weighted by molar-refractivity contribution is 0.0680. The van der Waals surface area contributed by atoms with E-state index in [1.54, 1.807) is 30.7 Å². The third-order valence-electron chi connectivity index (χ3n) is 4.69. The van der Waals surface area contributed by atoms with Crippen LogP contribution in [0.5, 0.6) is 0 Å². The standard InChI is InChI=1S/C20H21FN4O2/c21-15-3-5-16(6-4-15)23-17-2-1-10-25(12-17)20(26)19-8-7-18(27-19)13-24-11-9-22-14-24/h3-9,11,14,17,23H,1-2,10,12-13H2/t17-/m0/s1. The first-order valence-corrected chi connectivity index (χ1v) is 9.03. The second kappa shape index (κ2) is 7.65. The SMILES string of the molecule is O=C(c1ccc(Cn2ccnc2)o1)N1CCC[C@H](Nc2ccc(F)cc2)C1. The molecule has 1 N–H and O–H groups in total. The van der Waals surface area contributed by atoms with Crippen molar-refractivity contribution in [2.45, 2.75) is 25.4 Å². The largest absolute Gasteiger partial charge is 0.454 e. The van der Waals surface area contributed by atoms with Gasteiger partial charge in [0.25, 0.3) is 5.91 Å². The van der Waals surface area contributed by atoms with Crippen LogP contribution in [0, 0.1) is 5.82 Å². The van der Waals surface area contributed by atoms with Crippen molar-refractivity contribution in [2.75, 3.05) is 18.4 Å². The third-order valence-corrected chi connectivity index (χ3v) is 4.69. The van der Waals surface area contributed by atoms with Crippen LogP contribution in [0.4, 0.5) is 10.1 Å². The van der Waals surface area contributed by atoms with E-state index in [1.165, 1.54) is 12.1 Å². The van der Waals surface area contributed by atoms with Crippen molar-refractivity contribution in [1.29, 1.82) is 0 Å². The number of carbonyl (C=O) groups excluding carboxylic acids is 1. The minimum Gasteiger partial charge on any atom is -0.454 e. The first-order valence-electron chi connectivity index (χ1n) is 9.03. The topological polar surface area (TPSA) is 63.3 Å². The van der Waals surface area contributed by atoms with Gasteiger partial charge in [0.2, 0.25) is 0 Å². The number of furan rings is 1. The molecule has 3 heterocycles. The fourth-order valence-electron chi connectivity index (χ4n) is 3.36. The summed E-state index contributed by atoms with van der Waals surface area (Å²) < 4.78 is 20.7. The van der Waals surface area contributed by atoms with Gasteiger partial charge in [0, 0.05) is 37.2 Å². The van der Waals surface area contributed by atoms with Crippen LogP contribution in [-0.2, 0) is 6.54 Å². The zero-order valence-corrected chi connectivity index (χ0v) is 14.8. The van der Waals surface area contributed by atoms with Gasteiger partial charge < -0.3 is 19.2 Å². The van der Waals surface area contributed by atoms with Crippen molar-refractivity contribution in [2.24, 2.45) is 0 Å². The van der Waals surface area contributed by atoms with Crippen LogP contribution in [0.3, 0.4) is 0 Å². The molecule has 27 heavy (non-hydrogen) atoms. The quantitative estimate of drug-likeness (QED) is 0.750. The molecule has 1 fully saturated rings. The molecular weight excluding hydrogens is 347 g/mol. The van der Waals surface area contributed by atoms with E-state index in [2.05, 4.69) is 10.3 Å². The molecule has 0 aliphatic carbocycles. The molecule has 4 rings (SSSR count). The highest BCUT2D eigenvalue weighted by molar-refractivity contribution is 5.91. The number of halogens is 1. The summed E-state index contributed by atoms with van der Waals surface area (Å²) >= 11 is 0. The number of nitrogens with one attached hydrogen (secondary N) is 1. The second-order valence-corrected chi connectivity index (χ2v) is 6.74. The molecule has 7 heteroatoms. The van der Waals surface area contributed by atoms with E-state index < -0.39 is 0 Å². The van der Waals surface area contributed by atoms with Gasteiger partial charge in [-0.2, -0.15) is 0 Å². The van der Waals surface area contributed by atoms with Gasteiger partial charge in [0.1, 0.15) is 11.6 Å². The average Bonchev–Trinajstić information content (AvgIpc) is 3.36. The summed E-state index contributed by atoms with van der Waals surface area (Å²) in [5.41, 5.74) is 0.858. The van der Waals surface area contributed by atoms with Crippen molar-refractivity contribution < 1.29 is 13.6 Å². The Balaban J connectivity index is 1.38. The number of aromatic nitrogens is 2. The Hall–Kier alpha value is -3.09. The van der Waals surface area contributed by atoms with E-state index in [0.717, 1.165) is 18.5 Å². The van der Waals surface area contributed by atoms with Gasteiger partial charge in [0.05, 0.1) is 12.9 Å². The maximum atomic E-state index is 13.0. The number of anilines is 1. The van der Waals surface area contributed by atoms with E-state index in [1.807, 2.05) is 21.7 Å². The van der Waals surface area contributed by atoms with E-state index in [9.17, 15) is 9.18 Å². The zero-order chi connectivity index (χ0) is 18.6. The Labute approximate surface area is 156 Å². The zero-order valence-electron chi connectivity index (χ0n) is 14.8. The highest BCUT2D eigenvalue weighted by Gasteiger charge is 2.26. The second-order valence-electron chi connectivity index (χ2n) is 6.74. The number of hydrogen-bond donors (Lipinski definition) is 1. The summed E-state index contributed by atoms with van der Waals surface area (Å²) in [6.45, 7) is 1.84. The lowest BCUT2D eigenvalue weighted by Crippen LogP contribution is -2.45. The molecule has 1 amide bonds. The van der Waals surface area contributed by atoms with Crippen LogP contribution in [-0.4, -0.2) is 39.5 Å². The highest BCUT2D eigenvalue weighted by atomic mass is 19.1. The molecule has 0 unspecified atom stereocenters. The molecule has 1 aromatic carbocycles. The van der Waals surface area contributed by atoms with E-state index in [-0.39, 0.29) is 17.8 Å². The molecule has 1 aliphatic heterocycles. The van der Waals surface area contributed by atoms with Crippen LogP contribution < -0.4 is 5.32 Å². The molecule has 3 aromatic rings. The van der Waals surface area contributed by atoms with E-state index >= 15 is 0 Å². The van der Waals surface area contributed by atoms with Crippen LogP contribution in [0.25, 0.3) is 0 Å². The fraction of sp³-hybridized carbons (Fsp3) is 0.300. The minimum absolute atomic E-state index is 0.0995. The summed E-state index contributed by atoms with van der Waals surface area (Å²) in [4.78, 5) is 18.6. The summed E-state index contributed by atoms with van der Waals surface area (Å²) in [6, 6.07) is 9.97. The van der Waals surface area contributed by atoms with Crippen molar-refractivity contribution in [3.05, 3.63) is 72.5 Å². The first kappa shape index (κ1) is 17.3. The summed E-state index contributed by atoms with van der Waals surface area (Å²) in [6.07, 6.45) is 7.14. The summed E-state index contributed by atoms with van der Waals surface area (Å²) in [5.74, 6) is 0.713. The molecule has 0 saturated carbocycles. The monoisotopic (exact) mass is 368 g/mol. The lowest BCUT2D eigenvalue weighted by atomic mass is 10.0. The Kier molecular flexibility index (Phi) is 4.91. The molecule has 0 bridgehead atoms. The Morgan fingerprint density at radius 3 is 2.89 bits per heavy atom. The molecule has 0 spiro atoms. The van der Waals surface area contributed by atoms with Gasteiger partial charge in [-0.3, -0.25) is 4.79 Å². The van der Waals surface area contributed by atoms with Crippen LogP contribution >= 0.6 is 0 Å². The minimum atomic E-state index is -0.259. The number of hydrogen-bond acceptors (Lipinski definition) is 4. The Morgan fingerprint density at radius 2 is 2.11 bits per heavy atom. The smallest absolute Gasteiger partial charge is 0.289 e. The van der Waals surface area contributed by atoms with Gasteiger partial charge >= 0.3 is 0 Å². The van der Waals surface area contributed by atoms with E-state index in [0.29, 0.717) is 31.2 Å². The summed E-state index contributed by atoms with van der Waals surface area (Å²) in [5, 5.41) is 3.38. The number of benzene rings is 1. The van der Waals surface area contributed by atoms with E-state index in [4.69, 9.17) is 4.42 Å². The van der Waals surface area contributed by atoms with Gasteiger partial charge in [-0.25, -0.2) is 9.37 Å². The molecule has 6 nitrogen and oxygen atoms in total. The van der Waals surface area contributed by atoms with Gasteiger partial charge in [-0.15, -0.1) is 0 Å². The number of nitrogens with zero attached hydrogens (tertiary/aromatic N) is 3. The predicted molar refractivity (Wildman–Crippen MR) is 99.0 cm³/mol. The van der Waals surface area contributed by atoms with Crippen molar-refractivity contribution in [1.82, 2.24) is 14.5 Å². The maximum Gasteiger partial charge on any atom is 0.289 e. The first-order chi connectivity index (χ1) is 13.2. The van der Waals surface area contributed by atoms with Crippen molar-refractivity contribution in [3.63, 3.8) is 0 Å². The van der Waals surface area contributed by atoms with Gasteiger partial charge in [-0.05, 0) is 49.2 Å². The van der Waals surface area contributed by atoms with Crippen molar-refractivity contribution in [3.8, 4) is 0 Å². The molecular formula is C20H21FN4O2. The number of imidazole rings is 1. The van der Waals surface area contributed by atoms with Crippen molar-refractivity contribution >= 4 is 11.6 Å². The molecule has 2 aromatic heterocycles. The van der Waals surface area contributed by atoms with Crippen LogP contribution in [0.2, 0.25) is 0 Å². The average molecular weight is 368 g/mol. The Bertz CT molecular complexity index is 889. The number of piperidine rings is 1. The summed E-state index contributed by atoms with van der Waals surface area (Å²) in [7, 11) is 0. The molecule has 1 saturated heterocycles. The molecule has 1 atom stereocenters. The maximum absolute atomic E-state index is 13.0. The Morgan fingerprint density at radius 1 is 1.26 bits per heavy atom. The molecule has 140 valence electrons. The molecule has 0 radical (unpaired) electrons. The fourth-order valence-corrected chi connectivity index (χ4v) is 3.36. The van der Waals surface area contributed by atoms with Gasteiger partial charge in [0.15, 0.2) is 5.76 Å². The van der Waals surface area contributed by atoms with Gasteiger partial charge in [-0.1, -0.05) is 0 Å². The lowest BCUT2D eigenvalue weighted by Gasteiger charge is -2.33. The van der Waals surface area contributed by atoms with Crippen LogP contribution in [0.15, 0.2) is 59.5 Å². The number of rotatable bonds is 5. The van der Waals surface area contributed by atoms with Crippen LogP contribution in [0.1, 0.15) is 29.2 Å². The molecule has 1 aliphatic rings. The number of carbonyl (C=O) groups is 1. The predicted octanol–water partition coefficient (Wildman–Crippen LogP) is 3.38. The normalized spacial score (nSPS) is 17.1. The number of likely N-dealkylation sites (tertiary alicyclic amines) is 1. The third kappa shape index (κ3) is 4.19. The highest BCUT2D eigenvalue weighted by Crippen LogP contribution is 2.19. The number of amides is 1.